The minimum Gasteiger partial charge on any atom is -0.335 e. The van der Waals surface area contributed by atoms with E-state index in [1.54, 1.807) is 17.1 Å². The molecular formula is C12H21NO. The minimum atomic E-state index is 0.111. The first-order valence-electron chi connectivity index (χ1n) is 5.17. The number of carbonyl (C=O) groups excluding carboxylic acids is 1. The summed E-state index contributed by atoms with van der Waals surface area (Å²) in [5.74, 6) is 0.312. The Morgan fingerprint density at radius 1 is 1.36 bits per heavy atom. The molecule has 80 valence electrons. The molecule has 0 aromatic heterocycles. The molecule has 14 heavy (non-hydrogen) atoms. The number of hydrogen-bond acceptors (Lipinski definition) is 1. The molecule has 0 fully saturated rings. The summed E-state index contributed by atoms with van der Waals surface area (Å²) in [5, 5.41) is 0. The summed E-state index contributed by atoms with van der Waals surface area (Å²) in [5.41, 5.74) is 0. The Morgan fingerprint density at radius 2 is 1.86 bits per heavy atom. The van der Waals surface area contributed by atoms with Crippen molar-refractivity contribution in [2.45, 2.75) is 26.7 Å². The second-order valence-electron chi connectivity index (χ2n) is 3.51. The maximum Gasteiger partial charge on any atom is 0.225 e. The zero-order valence-corrected chi connectivity index (χ0v) is 9.33. The monoisotopic (exact) mass is 195 g/mol. The molecule has 0 heterocycles. The van der Waals surface area contributed by atoms with Gasteiger partial charge in [0, 0.05) is 19.0 Å². The van der Waals surface area contributed by atoms with Gasteiger partial charge in [0.25, 0.3) is 0 Å². The van der Waals surface area contributed by atoms with Crippen LogP contribution in [0.4, 0.5) is 0 Å². The van der Waals surface area contributed by atoms with E-state index in [4.69, 9.17) is 0 Å². The Labute approximate surface area is 87.3 Å². The van der Waals surface area contributed by atoms with Gasteiger partial charge in [-0.3, -0.25) is 4.79 Å². The predicted molar refractivity (Wildman–Crippen MR) is 61.0 cm³/mol. The molecule has 0 spiro atoms. The molecule has 2 nitrogen and oxygen atoms in total. The first-order chi connectivity index (χ1) is 6.67. The summed E-state index contributed by atoms with van der Waals surface area (Å²) in [7, 11) is 0. The highest BCUT2D eigenvalue weighted by Gasteiger charge is 2.17. The van der Waals surface area contributed by atoms with Gasteiger partial charge in [-0.15, -0.1) is 13.2 Å². The van der Waals surface area contributed by atoms with Crippen LogP contribution in [0.15, 0.2) is 25.3 Å². The fourth-order valence-corrected chi connectivity index (χ4v) is 1.43. The van der Waals surface area contributed by atoms with Crippen LogP contribution in [0.3, 0.4) is 0 Å². The van der Waals surface area contributed by atoms with Gasteiger partial charge in [-0.05, 0) is 6.42 Å². The molecule has 0 saturated carbocycles. The highest BCUT2D eigenvalue weighted by molar-refractivity contribution is 5.78. The fourth-order valence-electron chi connectivity index (χ4n) is 1.43. The van der Waals surface area contributed by atoms with Crippen molar-refractivity contribution in [1.29, 1.82) is 0 Å². The van der Waals surface area contributed by atoms with Crippen molar-refractivity contribution in [3.63, 3.8) is 0 Å². The highest BCUT2D eigenvalue weighted by atomic mass is 16.2. The van der Waals surface area contributed by atoms with E-state index in [1.165, 1.54) is 0 Å². The average Bonchev–Trinajstić information content (AvgIpc) is 2.17. The average molecular weight is 195 g/mol. The summed E-state index contributed by atoms with van der Waals surface area (Å²) in [6.07, 6.45) is 5.49. The molecule has 1 atom stereocenters. The SMILES string of the molecule is C=CCN(CC=C)C(=O)C(C)CCC. The van der Waals surface area contributed by atoms with Gasteiger partial charge in [0.15, 0.2) is 0 Å². The normalized spacial score (nSPS) is 11.9. The molecule has 0 aliphatic heterocycles. The summed E-state index contributed by atoms with van der Waals surface area (Å²) in [4.78, 5) is 13.6. The number of nitrogens with zero attached hydrogens (tertiary/aromatic N) is 1. The van der Waals surface area contributed by atoms with E-state index in [0.29, 0.717) is 13.1 Å². The van der Waals surface area contributed by atoms with Crippen molar-refractivity contribution in [3.8, 4) is 0 Å². The largest absolute Gasteiger partial charge is 0.335 e. The second-order valence-corrected chi connectivity index (χ2v) is 3.51. The van der Waals surface area contributed by atoms with Crippen LogP contribution >= 0.6 is 0 Å². The topological polar surface area (TPSA) is 20.3 Å². The van der Waals surface area contributed by atoms with E-state index < -0.39 is 0 Å². The lowest BCUT2D eigenvalue weighted by molar-refractivity contribution is -0.134. The van der Waals surface area contributed by atoms with E-state index in [0.717, 1.165) is 12.8 Å². The van der Waals surface area contributed by atoms with E-state index in [1.807, 2.05) is 6.92 Å². The molecule has 0 aliphatic carbocycles. The van der Waals surface area contributed by atoms with Crippen LogP contribution in [0, 0.1) is 5.92 Å². The third-order valence-electron chi connectivity index (χ3n) is 2.15. The maximum atomic E-state index is 11.8. The number of rotatable bonds is 7. The number of carbonyl (C=O) groups is 1. The second kappa shape index (κ2) is 7.36. The Morgan fingerprint density at radius 3 is 2.21 bits per heavy atom. The molecule has 1 amide bonds. The Hall–Kier alpha value is -1.05. The van der Waals surface area contributed by atoms with Gasteiger partial charge in [-0.2, -0.15) is 0 Å². The first-order valence-corrected chi connectivity index (χ1v) is 5.17. The summed E-state index contributed by atoms with van der Waals surface area (Å²) in [6, 6.07) is 0. The molecular weight excluding hydrogens is 174 g/mol. The van der Waals surface area contributed by atoms with Gasteiger partial charge < -0.3 is 4.90 Å². The summed E-state index contributed by atoms with van der Waals surface area (Å²) >= 11 is 0. The van der Waals surface area contributed by atoms with Crippen molar-refractivity contribution in [2.24, 2.45) is 5.92 Å². The van der Waals surface area contributed by atoms with Crippen LogP contribution in [-0.2, 0) is 4.79 Å². The van der Waals surface area contributed by atoms with E-state index in [2.05, 4.69) is 20.1 Å². The van der Waals surface area contributed by atoms with Gasteiger partial charge in [0.1, 0.15) is 0 Å². The molecule has 0 aromatic rings. The molecule has 0 aliphatic rings. The van der Waals surface area contributed by atoms with Crippen molar-refractivity contribution < 1.29 is 4.79 Å². The lowest BCUT2D eigenvalue weighted by Gasteiger charge is -2.22. The summed E-state index contributed by atoms with van der Waals surface area (Å²) in [6.45, 7) is 12.6. The van der Waals surface area contributed by atoms with Gasteiger partial charge >= 0.3 is 0 Å². The van der Waals surface area contributed by atoms with Crippen molar-refractivity contribution in [1.82, 2.24) is 4.90 Å². The quantitative estimate of drug-likeness (QED) is 0.572. The fraction of sp³-hybridized carbons (Fsp3) is 0.583. The molecule has 0 N–H and O–H groups in total. The van der Waals surface area contributed by atoms with E-state index >= 15 is 0 Å². The van der Waals surface area contributed by atoms with Gasteiger partial charge in [-0.1, -0.05) is 32.4 Å². The predicted octanol–water partition coefficient (Wildman–Crippen LogP) is 2.62. The van der Waals surface area contributed by atoms with Gasteiger partial charge in [0.05, 0.1) is 0 Å². The maximum absolute atomic E-state index is 11.8. The van der Waals surface area contributed by atoms with Gasteiger partial charge in [0.2, 0.25) is 5.91 Å². The Kier molecular flexibility index (Phi) is 6.81. The highest BCUT2D eigenvalue weighted by Crippen LogP contribution is 2.09. The van der Waals surface area contributed by atoms with Crippen molar-refractivity contribution in [2.75, 3.05) is 13.1 Å². The molecule has 2 heteroatoms. The van der Waals surface area contributed by atoms with Gasteiger partial charge in [-0.25, -0.2) is 0 Å². The van der Waals surface area contributed by atoms with Crippen LogP contribution in [0.1, 0.15) is 26.7 Å². The van der Waals surface area contributed by atoms with Crippen molar-refractivity contribution >= 4 is 5.91 Å². The number of hydrogen-bond donors (Lipinski definition) is 0. The van der Waals surface area contributed by atoms with Crippen LogP contribution in [0.2, 0.25) is 0 Å². The Balaban J connectivity index is 4.25. The first kappa shape index (κ1) is 12.9. The molecule has 0 aromatic carbocycles. The van der Waals surface area contributed by atoms with E-state index in [9.17, 15) is 4.79 Å². The zero-order chi connectivity index (χ0) is 11.0. The zero-order valence-electron chi connectivity index (χ0n) is 9.33. The summed E-state index contributed by atoms with van der Waals surface area (Å²) < 4.78 is 0. The molecule has 0 bridgehead atoms. The molecule has 1 unspecified atom stereocenters. The lowest BCUT2D eigenvalue weighted by Crippen LogP contribution is -2.35. The van der Waals surface area contributed by atoms with E-state index in [-0.39, 0.29) is 11.8 Å². The molecule has 0 rings (SSSR count). The van der Waals surface area contributed by atoms with Crippen LogP contribution in [0.25, 0.3) is 0 Å². The number of amides is 1. The van der Waals surface area contributed by atoms with Crippen LogP contribution < -0.4 is 0 Å². The molecule has 0 saturated heterocycles. The molecule has 0 radical (unpaired) electrons. The third kappa shape index (κ3) is 4.26. The standard InChI is InChI=1S/C12H21NO/c1-5-8-11(4)12(14)13(9-6-2)10-7-3/h6-7,11H,2-3,5,8-10H2,1,4H3. The lowest BCUT2D eigenvalue weighted by atomic mass is 10.0. The third-order valence-corrected chi connectivity index (χ3v) is 2.15. The van der Waals surface area contributed by atoms with Crippen LogP contribution in [-0.4, -0.2) is 23.9 Å². The van der Waals surface area contributed by atoms with Crippen molar-refractivity contribution in [3.05, 3.63) is 25.3 Å². The van der Waals surface area contributed by atoms with Crippen LogP contribution in [0.5, 0.6) is 0 Å². The Bertz CT molecular complexity index is 188. The smallest absolute Gasteiger partial charge is 0.225 e. The minimum absolute atomic E-state index is 0.111.